The number of amides is 3. The van der Waals surface area contributed by atoms with E-state index in [1.54, 1.807) is 5.32 Å². The van der Waals surface area contributed by atoms with Gasteiger partial charge in [-0.3, -0.25) is 10.1 Å². The van der Waals surface area contributed by atoms with Crippen molar-refractivity contribution in [2.24, 2.45) is 0 Å². The monoisotopic (exact) mass is 424 g/mol. The van der Waals surface area contributed by atoms with Gasteiger partial charge in [-0.1, -0.05) is 17.7 Å². The second kappa shape index (κ2) is 6.59. The normalized spacial score (nSPS) is 16.1. The second-order valence-electron chi connectivity index (χ2n) is 5.53. The number of alkyl halides is 4. The van der Waals surface area contributed by atoms with E-state index in [-0.39, 0.29) is 0 Å². The first-order valence-electron chi connectivity index (χ1n) is 7.29. The molecule has 2 aromatic rings. The Labute approximate surface area is 157 Å². The standard InChI is InChI=1S/C16H7ClF6N2O3/c17-7-4-6(5-10-12(7)15(20,21)16(22,23)28-10)24-14(27)25-13(26)11-8(18)2-1-3-9(11)19/h1-5H,(H2,24,25,26,27). The molecule has 12 heteroatoms. The van der Waals surface area contributed by atoms with E-state index in [9.17, 15) is 35.9 Å². The maximum atomic E-state index is 13.6. The molecular formula is C16H7ClF6N2O3. The number of urea groups is 1. The van der Waals surface area contributed by atoms with Crippen LogP contribution in [0, 0.1) is 11.6 Å². The van der Waals surface area contributed by atoms with Gasteiger partial charge in [0.1, 0.15) is 22.9 Å². The van der Waals surface area contributed by atoms with E-state index in [1.807, 2.05) is 5.32 Å². The Bertz CT molecular complexity index is 978. The number of carbonyl (C=O) groups is 2. The van der Waals surface area contributed by atoms with Gasteiger partial charge in [0.15, 0.2) is 0 Å². The lowest BCUT2D eigenvalue weighted by molar-refractivity contribution is -0.296. The highest BCUT2D eigenvalue weighted by Crippen LogP contribution is 2.56. The van der Waals surface area contributed by atoms with Gasteiger partial charge in [-0.2, -0.15) is 17.6 Å². The molecule has 2 N–H and O–H groups in total. The number of halogens is 7. The molecule has 148 valence electrons. The molecule has 3 amide bonds. The summed E-state index contributed by atoms with van der Waals surface area (Å²) in [4.78, 5) is 23.6. The van der Waals surface area contributed by atoms with Gasteiger partial charge in [-0.15, -0.1) is 0 Å². The summed E-state index contributed by atoms with van der Waals surface area (Å²) in [7, 11) is 0. The number of benzene rings is 2. The first-order chi connectivity index (χ1) is 12.9. The molecule has 2 aromatic carbocycles. The molecule has 1 aliphatic rings. The van der Waals surface area contributed by atoms with E-state index >= 15 is 0 Å². The summed E-state index contributed by atoms with van der Waals surface area (Å²) in [5.74, 6) is -9.58. The molecule has 5 nitrogen and oxygen atoms in total. The molecule has 0 spiro atoms. The minimum absolute atomic E-state index is 0.392. The van der Waals surface area contributed by atoms with E-state index in [1.165, 1.54) is 0 Å². The molecule has 3 rings (SSSR count). The van der Waals surface area contributed by atoms with Gasteiger partial charge in [0.25, 0.3) is 5.91 Å². The zero-order valence-corrected chi connectivity index (χ0v) is 14.0. The molecule has 1 aliphatic heterocycles. The lowest BCUT2D eigenvalue weighted by atomic mass is 10.1. The predicted octanol–water partition coefficient (Wildman–Crippen LogP) is 4.66. The van der Waals surface area contributed by atoms with Crippen molar-refractivity contribution in [3.63, 3.8) is 0 Å². The summed E-state index contributed by atoms with van der Waals surface area (Å²) in [6.45, 7) is 0. The van der Waals surface area contributed by atoms with Gasteiger partial charge in [0.05, 0.1) is 10.6 Å². The molecular weight excluding hydrogens is 418 g/mol. The highest BCUT2D eigenvalue weighted by atomic mass is 35.5. The SMILES string of the molecule is O=C(NC(=O)c1c(F)cccc1F)Nc1cc(Cl)c2c(c1)OC(F)(F)C2(F)F. The summed E-state index contributed by atoms with van der Waals surface area (Å²) in [5, 5.41) is 2.70. The van der Waals surface area contributed by atoms with Crippen molar-refractivity contribution in [3.05, 3.63) is 58.1 Å². The molecule has 28 heavy (non-hydrogen) atoms. The average Bonchev–Trinajstić information content (AvgIpc) is 2.71. The summed E-state index contributed by atoms with van der Waals surface area (Å²) >= 11 is 5.58. The Morgan fingerprint density at radius 3 is 2.25 bits per heavy atom. The number of rotatable bonds is 2. The van der Waals surface area contributed by atoms with Crippen LogP contribution in [0.15, 0.2) is 30.3 Å². The van der Waals surface area contributed by atoms with Gasteiger partial charge in [0, 0.05) is 11.8 Å². The smallest absolute Gasteiger partial charge is 0.427 e. The molecule has 0 saturated heterocycles. The third-order valence-electron chi connectivity index (χ3n) is 3.65. The lowest BCUT2D eigenvalue weighted by Crippen LogP contribution is -2.37. The quantitative estimate of drug-likeness (QED) is 0.689. The van der Waals surface area contributed by atoms with Gasteiger partial charge in [-0.05, 0) is 18.2 Å². The molecule has 0 aromatic heterocycles. The van der Waals surface area contributed by atoms with Crippen LogP contribution in [0.5, 0.6) is 5.75 Å². The fraction of sp³-hybridized carbons (Fsp3) is 0.125. The average molecular weight is 425 g/mol. The van der Waals surface area contributed by atoms with Crippen LogP contribution >= 0.6 is 11.6 Å². The third-order valence-corrected chi connectivity index (χ3v) is 3.94. The molecule has 0 atom stereocenters. The van der Waals surface area contributed by atoms with Crippen LogP contribution in [0.1, 0.15) is 15.9 Å². The molecule has 0 radical (unpaired) electrons. The molecule has 0 fully saturated rings. The Hall–Kier alpha value is -2.95. The topological polar surface area (TPSA) is 67.4 Å². The highest BCUT2D eigenvalue weighted by molar-refractivity contribution is 6.32. The summed E-state index contributed by atoms with van der Waals surface area (Å²) in [5.41, 5.74) is -2.70. The van der Waals surface area contributed by atoms with Crippen LogP contribution < -0.4 is 15.4 Å². The van der Waals surface area contributed by atoms with Crippen LogP contribution in [0.4, 0.5) is 36.8 Å². The zero-order valence-electron chi connectivity index (χ0n) is 13.3. The van der Waals surface area contributed by atoms with Crippen molar-refractivity contribution < 1.29 is 40.7 Å². The minimum atomic E-state index is -4.85. The number of anilines is 1. The van der Waals surface area contributed by atoms with Crippen LogP contribution in [0.3, 0.4) is 0 Å². The molecule has 0 unspecified atom stereocenters. The largest absolute Gasteiger partial charge is 0.469 e. The minimum Gasteiger partial charge on any atom is -0.427 e. The van der Waals surface area contributed by atoms with Crippen molar-refractivity contribution in [1.29, 1.82) is 0 Å². The number of fused-ring (bicyclic) bond motifs is 1. The first kappa shape index (κ1) is 19.8. The van der Waals surface area contributed by atoms with Gasteiger partial charge < -0.3 is 10.1 Å². The number of imide groups is 1. The Balaban J connectivity index is 1.80. The van der Waals surface area contributed by atoms with E-state index in [0.717, 1.165) is 18.2 Å². The molecule has 0 aliphatic carbocycles. The molecule has 0 bridgehead atoms. The van der Waals surface area contributed by atoms with Crippen molar-refractivity contribution >= 4 is 29.2 Å². The van der Waals surface area contributed by atoms with Crippen LogP contribution in [-0.4, -0.2) is 18.0 Å². The first-order valence-corrected chi connectivity index (χ1v) is 7.67. The Kier molecular flexibility index (Phi) is 4.66. The molecule has 0 saturated carbocycles. The molecule has 1 heterocycles. The lowest BCUT2D eigenvalue weighted by Gasteiger charge is -2.16. The fourth-order valence-corrected chi connectivity index (χ4v) is 2.76. The Morgan fingerprint density at radius 2 is 1.64 bits per heavy atom. The van der Waals surface area contributed by atoms with Crippen molar-refractivity contribution in [3.8, 4) is 5.75 Å². The number of carbonyl (C=O) groups excluding carboxylic acids is 2. The third kappa shape index (κ3) is 3.21. The fourth-order valence-electron chi connectivity index (χ4n) is 2.43. The number of nitrogens with one attached hydrogen (secondary N) is 2. The summed E-state index contributed by atoms with van der Waals surface area (Å²) in [6.07, 6.45) is -4.85. The highest BCUT2D eigenvalue weighted by Gasteiger charge is 2.67. The van der Waals surface area contributed by atoms with E-state index in [0.29, 0.717) is 12.1 Å². The van der Waals surface area contributed by atoms with Crippen LogP contribution in [0.25, 0.3) is 0 Å². The summed E-state index contributed by atoms with van der Waals surface area (Å²) in [6, 6.07) is 2.58. The maximum Gasteiger partial charge on any atom is 0.469 e. The Morgan fingerprint density at radius 1 is 1.04 bits per heavy atom. The van der Waals surface area contributed by atoms with Crippen LogP contribution in [-0.2, 0) is 5.92 Å². The summed E-state index contributed by atoms with van der Waals surface area (Å²) < 4.78 is 84.7. The van der Waals surface area contributed by atoms with E-state index in [4.69, 9.17) is 11.6 Å². The number of hydrogen-bond donors (Lipinski definition) is 2. The van der Waals surface area contributed by atoms with Gasteiger partial charge in [0.2, 0.25) is 0 Å². The van der Waals surface area contributed by atoms with Crippen molar-refractivity contribution in [2.45, 2.75) is 12.0 Å². The van der Waals surface area contributed by atoms with Crippen molar-refractivity contribution in [2.75, 3.05) is 5.32 Å². The number of ether oxygens (including phenoxy) is 1. The van der Waals surface area contributed by atoms with Crippen LogP contribution in [0.2, 0.25) is 5.02 Å². The second-order valence-corrected chi connectivity index (χ2v) is 5.94. The van der Waals surface area contributed by atoms with Crippen molar-refractivity contribution in [1.82, 2.24) is 5.32 Å². The van der Waals surface area contributed by atoms with Gasteiger partial charge in [-0.25, -0.2) is 13.6 Å². The maximum absolute atomic E-state index is 13.6. The van der Waals surface area contributed by atoms with Gasteiger partial charge >= 0.3 is 18.1 Å². The van der Waals surface area contributed by atoms with E-state index < -0.39 is 63.2 Å². The predicted molar refractivity (Wildman–Crippen MR) is 83.8 cm³/mol. The number of hydrogen-bond acceptors (Lipinski definition) is 3. The van der Waals surface area contributed by atoms with E-state index in [2.05, 4.69) is 4.74 Å². The zero-order chi connectivity index (χ0) is 20.9.